The standard InChI is InChI=1S/C15H18N6/c1-12(16-10-14-11-18-20(2)19-14)13-5-3-6-15(9-13)21-8-4-7-17-21/h3-9,11-12,16H,10H2,1-2H3/t12-/m0/s1. The summed E-state index contributed by atoms with van der Waals surface area (Å²) in [5.41, 5.74) is 3.21. The van der Waals surface area contributed by atoms with E-state index >= 15 is 0 Å². The van der Waals surface area contributed by atoms with E-state index < -0.39 is 0 Å². The van der Waals surface area contributed by atoms with Gasteiger partial charge in [0.15, 0.2) is 0 Å². The average molecular weight is 282 g/mol. The molecule has 6 heteroatoms. The number of rotatable bonds is 5. The van der Waals surface area contributed by atoms with E-state index in [2.05, 4.69) is 39.7 Å². The first-order valence-corrected chi connectivity index (χ1v) is 6.91. The average Bonchev–Trinajstić information content (AvgIpc) is 3.16. The Kier molecular flexibility index (Phi) is 3.79. The van der Waals surface area contributed by atoms with Gasteiger partial charge in [0.05, 0.1) is 17.6 Å². The lowest BCUT2D eigenvalue weighted by atomic mass is 10.1. The fourth-order valence-corrected chi connectivity index (χ4v) is 2.20. The van der Waals surface area contributed by atoms with Crippen molar-refractivity contribution in [2.24, 2.45) is 7.05 Å². The summed E-state index contributed by atoms with van der Waals surface area (Å²) in [6.07, 6.45) is 5.50. The van der Waals surface area contributed by atoms with Crippen LogP contribution in [0.25, 0.3) is 5.69 Å². The van der Waals surface area contributed by atoms with Gasteiger partial charge in [0.25, 0.3) is 0 Å². The van der Waals surface area contributed by atoms with Crippen LogP contribution in [0.1, 0.15) is 24.2 Å². The molecule has 0 saturated carbocycles. The van der Waals surface area contributed by atoms with Crippen molar-refractivity contribution >= 4 is 0 Å². The van der Waals surface area contributed by atoms with Crippen molar-refractivity contribution in [3.8, 4) is 5.69 Å². The lowest BCUT2D eigenvalue weighted by Crippen LogP contribution is -2.18. The summed E-state index contributed by atoms with van der Waals surface area (Å²) in [7, 11) is 1.82. The van der Waals surface area contributed by atoms with Gasteiger partial charge in [-0.15, -0.1) is 0 Å². The Hall–Kier alpha value is -2.47. The molecular formula is C15H18N6. The lowest BCUT2D eigenvalue weighted by molar-refractivity contribution is 0.558. The monoisotopic (exact) mass is 282 g/mol. The molecule has 0 aliphatic carbocycles. The van der Waals surface area contributed by atoms with Crippen molar-refractivity contribution in [1.29, 1.82) is 0 Å². The highest BCUT2D eigenvalue weighted by molar-refractivity contribution is 5.36. The number of hydrogen-bond donors (Lipinski definition) is 1. The Morgan fingerprint density at radius 1 is 1.24 bits per heavy atom. The molecule has 3 aromatic rings. The predicted octanol–water partition coefficient (Wildman–Crippen LogP) is 1.85. The summed E-state index contributed by atoms with van der Waals surface area (Å²) in [6, 6.07) is 10.5. The third kappa shape index (κ3) is 3.17. The fraction of sp³-hybridized carbons (Fsp3) is 0.267. The number of aromatic nitrogens is 5. The Morgan fingerprint density at radius 2 is 2.14 bits per heavy atom. The van der Waals surface area contributed by atoms with Gasteiger partial charge in [-0.2, -0.15) is 20.1 Å². The Morgan fingerprint density at radius 3 is 2.86 bits per heavy atom. The number of aryl methyl sites for hydroxylation is 1. The molecule has 0 radical (unpaired) electrons. The number of benzene rings is 1. The molecule has 2 heterocycles. The molecule has 0 aliphatic rings. The van der Waals surface area contributed by atoms with Crippen LogP contribution in [0, 0.1) is 0 Å². The molecular weight excluding hydrogens is 264 g/mol. The van der Waals surface area contributed by atoms with E-state index in [0.29, 0.717) is 6.54 Å². The van der Waals surface area contributed by atoms with Gasteiger partial charge in [0.2, 0.25) is 0 Å². The quantitative estimate of drug-likeness (QED) is 0.776. The molecule has 1 atom stereocenters. The molecule has 0 saturated heterocycles. The van der Waals surface area contributed by atoms with E-state index in [9.17, 15) is 0 Å². The van der Waals surface area contributed by atoms with Crippen LogP contribution in [-0.2, 0) is 13.6 Å². The molecule has 2 aromatic heterocycles. The topological polar surface area (TPSA) is 60.6 Å². The normalized spacial score (nSPS) is 12.5. The number of nitrogens with zero attached hydrogens (tertiary/aromatic N) is 5. The van der Waals surface area contributed by atoms with E-state index in [4.69, 9.17) is 0 Å². The summed E-state index contributed by atoms with van der Waals surface area (Å²) in [5, 5.41) is 16.0. The van der Waals surface area contributed by atoms with Crippen LogP contribution in [0.15, 0.2) is 48.9 Å². The smallest absolute Gasteiger partial charge is 0.0964 e. The highest BCUT2D eigenvalue weighted by Crippen LogP contribution is 2.16. The zero-order valence-corrected chi connectivity index (χ0v) is 12.1. The van der Waals surface area contributed by atoms with Gasteiger partial charge in [-0.05, 0) is 30.7 Å². The minimum atomic E-state index is 0.225. The van der Waals surface area contributed by atoms with E-state index in [1.807, 2.05) is 36.1 Å². The maximum Gasteiger partial charge on any atom is 0.0964 e. The fourth-order valence-electron chi connectivity index (χ4n) is 2.20. The van der Waals surface area contributed by atoms with E-state index in [1.165, 1.54) is 5.56 Å². The first-order chi connectivity index (χ1) is 10.2. The van der Waals surface area contributed by atoms with Crippen molar-refractivity contribution < 1.29 is 0 Å². The highest BCUT2D eigenvalue weighted by atomic mass is 15.4. The summed E-state index contributed by atoms with van der Waals surface area (Å²) in [6.45, 7) is 2.83. The van der Waals surface area contributed by atoms with E-state index in [1.54, 1.807) is 17.2 Å². The second kappa shape index (κ2) is 5.88. The van der Waals surface area contributed by atoms with Gasteiger partial charge in [-0.1, -0.05) is 12.1 Å². The van der Waals surface area contributed by atoms with Crippen LogP contribution in [0.3, 0.4) is 0 Å². The van der Waals surface area contributed by atoms with Crippen molar-refractivity contribution in [3.63, 3.8) is 0 Å². The molecule has 0 spiro atoms. The minimum absolute atomic E-state index is 0.225. The first kappa shape index (κ1) is 13.5. The maximum atomic E-state index is 4.26. The Bertz CT molecular complexity index is 701. The van der Waals surface area contributed by atoms with Gasteiger partial charge < -0.3 is 5.32 Å². The second-order valence-corrected chi connectivity index (χ2v) is 4.97. The molecule has 0 fully saturated rings. The van der Waals surface area contributed by atoms with Crippen LogP contribution < -0.4 is 5.32 Å². The van der Waals surface area contributed by atoms with Crippen LogP contribution in [0.5, 0.6) is 0 Å². The van der Waals surface area contributed by atoms with Crippen LogP contribution in [-0.4, -0.2) is 24.8 Å². The third-order valence-corrected chi connectivity index (χ3v) is 3.38. The molecule has 0 amide bonds. The van der Waals surface area contributed by atoms with Gasteiger partial charge in [0.1, 0.15) is 0 Å². The van der Waals surface area contributed by atoms with Crippen molar-refractivity contribution in [2.75, 3.05) is 0 Å². The zero-order chi connectivity index (χ0) is 14.7. The van der Waals surface area contributed by atoms with Crippen molar-refractivity contribution in [3.05, 3.63) is 60.2 Å². The van der Waals surface area contributed by atoms with Gasteiger partial charge >= 0.3 is 0 Å². The Labute approximate surface area is 123 Å². The summed E-state index contributed by atoms with van der Waals surface area (Å²) in [4.78, 5) is 1.57. The SMILES string of the molecule is C[C@H](NCc1cnn(C)n1)c1cccc(-n2cccn2)c1. The summed E-state index contributed by atoms with van der Waals surface area (Å²) < 4.78 is 1.86. The molecule has 1 aromatic carbocycles. The molecule has 1 N–H and O–H groups in total. The lowest BCUT2D eigenvalue weighted by Gasteiger charge is -2.14. The molecule has 3 rings (SSSR count). The molecule has 108 valence electrons. The highest BCUT2D eigenvalue weighted by Gasteiger charge is 2.07. The van der Waals surface area contributed by atoms with Crippen LogP contribution >= 0.6 is 0 Å². The van der Waals surface area contributed by atoms with Crippen molar-refractivity contribution in [1.82, 2.24) is 30.1 Å². The number of hydrogen-bond acceptors (Lipinski definition) is 4. The van der Waals surface area contributed by atoms with Crippen molar-refractivity contribution in [2.45, 2.75) is 19.5 Å². The molecule has 21 heavy (non-hydrogen) atoms. The Balaban J connectivity index is 1.69. The van der Waals surface area contributed by atoms with E-state index in [-0.39, 0.29) is 6.04 Å². The number of nitrogens with one attached hydrogen (secondary N) is 1. The summed E-state index contributed by atoms with van der Waals surface area (Å²) in [5.74, 6) is 0. The van der Waals surface area contributed by atoms with E-state index in [0.717, 1.165) is 11.4 Å². The first-order valence-electron chi connectivity index (χ1n) is 6.91. The van der Waals surface area contributed by atoms with Gasteiger partial charge in [0, 0.05) is 32.0 Å². The van der Waals surface area contributed by atoms with Gasteiger partial charge in [-0.3, -0.25) is 0 Å². The summed E-state index contributed by atoms with van der Waals surface area (Å²) >= 11 is 0. The zero-order valence-electron chi connectivity index (χ0n) is 12.1. The third-order valence-electron chi connectivity index (χ3n) is 3.38. The molecule has 6 nitrogen and oxygen atoms in total. The molecule has 0 aliphatic heterocycles. The second-order valence-electron chi connectivity index (χ2n) is 4.97. The minimum Gasteiger partial charge on any atom is -0.304 e. The maximum absolute atomic E-state index is 4.26. The predicted molar refractivity (Wildman–Crippen MR) is 79.8 cm³/mol. The largest absolute Gasteiger partial charge is 0.304 e. The van der Waals surface area contributed by atoms with Gasteiger partial charge in [-0.25, -0.2) is 4.68 Å². The van der Waals surface area contributed by atoms with Crippen LogP contribution in [0.4, 0.5) is 0 Å². The van der Waals surface area contributed by atoms with Crippen LogP contribution in [0.2, 0.25) is 0 Å². The molecule has 0 bridgehead atoms. The molecule has 0 unspecified atom stereocenters.